The molecule has 0 aliphatic heterocycles. The number of aromatic amines is 2. The van der Waals surface area contributed by atoms with Gasteiger partial charge in [0.25, 0.3) is 0 Å². The van der Waals surface area contributed by atoms with Crippen LogP contribution in [0.4, 0.5) is 0 Å². The van der Waals surface area contributed by atoms with E-state index in [0.717, 1.165) is 6.42 Å². The van der Waals surface area contributed by atoms with E-state index in [1.54, 1.807) is 0 Å². The standard InChI is InChI=1S/C7H9N3O2S/c11-4-1-2-5(3-4)13-7-8-6(12)9-10-7/h5H,1-3H2,(H2,8,9,10,12). The molecule has 1 aliphatic carbocycles. The van der Waals surface area contributed by atoms with Crippen LogP contribution >= 0.6 is 11.8 Å². The van der Waals surface area contributed by atoms with Crippen molar-refractivity contribution in [3.63, 3.8) is 0 Å². The lowest BCUT2D eigenvalue weighted by molar-refractivity contribution is -0.117. The van der Waals surface area contributed by atoms with Crippen molar-refractivity contribution in [2.24, 2.45) is 0 Å². The van der Waals surface area contributed by atoms with E-state index in [4.69, 9.17) is 0 Å². The molecule has 1 aromatic rings. The van der Waals surface area contributed by atoms with Crippen LogP contribution < -0.4 is 5.69 Å². The highest BCUT2D eigenvalue weighted by Gasteiger charge is 2.23. The molecule has 2 rings (SSSR count). The number of thioether (sulfide) groups is 1. The predicted molar refractivity (Wildman–Crippen MR) is 47.7 cm³/mol. The first kappa shape index (κ1) is 8.55. The highest BCUT2D eigenvalue weighted by Crippen LogP contribution is 2.30. The number of H-pyrrole nitrogens is 2. The average molecular weight is 199 g/mol. The Labute approximate surface area is 78.3 Å². The molecule has 1 fully saturated rings. The van der Waals surface area contributed by atoms with E-state index < -0.39 is 0 Å². The van der Waals surface area contributed by atoms with Gasteiger partial charge in [0.2, 0.25) is 0 Å². The van der Waals surface area contributed by atoms with Gasteiger partial charge in [0.1, 0.15) is 5.78 Å². The van der Waals surface area contributed by atoms with Crippen LogP contribution in [0.2, 0.25) is 0 Å². The number of hydrogen-bond acceptors (Lipinski definition) is 4. The molecule has 1 atom stereocenters. The second-order valence-electron chi connectivity index (χ2n) is 3.00. The Balaban J connectivity index is 1.99. The minimum atomic E-state index is -0.299. The van der Waals surface area contributed by atoms with Crippen LogP contribution in [-0.2, 0) is 4.79 Å². The van der Waals surface area contributed by atoms with Gasteiger partial charge in [-0.15, -0.1) is 5.10 Å². The molecule has 0 aromatic carbocycles. The van der Waals surface area contributed by atoms with E-state index in [2.05, 4.69) is 15.2 Å². The van der Waals surface area contributed by atoms with Crippen LogP contribution in [-0.4, -0.2) is 26.2 Å². The number of aromatic nitrogens is 3. The highest BCUT2D eigenvalue weighted by molar-refractivity contribution is 7.99. The molecule has 0 bridgehead atoms. The molecule has 2 N–H and O–H groups in total. The number of carbonyl (C=O) groups is 1. The topological polar surface area (TPSA) is 78.6 Å². The van der Waals surface area contributed by atoms with Crippen LogP contribution in [0.3, 0.4) is 0 Å². The average Bonchev–Trinajstić information content (AvgIpc) is 2.62. The molecule has 70 valence electrons. The molecule has 1 unspecified atom stereocenters. The van der Waals surface area contributed by atoms with Gasteiger partial charge in [0.15, 0.2) is 5.16 Å². The fourth-order valence-electron chi connectivity index (χ4n) is 1.35. The van der Waals surface area contributed by atoms with Crippen molar-refractivity contribution >= 4 is 17.5 Å². The first-order valence-electron chi connectivity index (χ1n) is 4.07. The smallest absolute Gasteiger partial charge is 0.300 e. The summed E-state index contributed by atoms with van der Waals surface area (Å²) in [6.45, 7) is 0. The second kappa shape index (κ2) is 3.37. The SMILES string of the molecule is O=C1CCC(Sc2n[nH]c(=O)[nH]2)C1. The number of nitrogens with one attached hydrogen (secondary N) is 2. The van der Waals surface area contributed by atoms with Crippen molar-refractivity contribution in [1.29, 1.82) is 0 Å². The lowest BCUT2D eigenvalue weighted by Gasteiger charge is -2.02. The van der Waals surface area contributed by atoms with Gasteiger partial charge in [-0.3, -0.25) is 9.78 Å². The van der Waals surface area contributed by atoms with Crippen LogP contribution in [0.1, 0.15) is 19.3 Å². The van der Waals surface area contributed by atoms with E-state index in [1.807, 2.05) is 0 Å². The van der Waals surface area contributed by atoms with Crippen molar-refractivity contribution in [3.05, 3.63) is 10.5 Å². The van der Waals surface area contributed by atoms with Crippen LogP contribution in [0.5, 0.6) is 0 Å². The number of rotatable bonds is 2. The maximum atomic E-state index is 10.9. The van der Waals surface area contributed by atoms with Gasteiger partial charge in [-0.1, -0.05) is 11.8 Å². The van der Waals surface area contributed by atoms with Crippen LogP contribution in [0.15, 0.2) is 9.95 Å². The highest BCUT2D eigenvalue weighted by atomic mass is 32.2. The molecular weight excluding hydrogens is 190 g/mol. The summed E-state index contributed by atoms with van der Waals surface area (Å²) in [4.78, 5) is 24.2. The van der Waals surface area contributed by atoms with Gasteiger partial charge < -0.3 is 0 Å². The molecule has 6 heteroatoms. The summed E-state index contributed by atoms with van der Waals surface area (Å²) >= 11 is 1.46. The van der Waals surface area contributed by atoms with Crippen molar-refractivity contribution in [2.75, 3.05) is 0 Å². The molecule has 1 aromatic heterocycles. The Hall–Kier alpha value is -1.04. The third-order valence-corrected chi connectivity index (χ3v) is 3.11. The first-order chi connectivity index (χ1) is 6.24. The lowest BCUT2D eigenvalue weighted by atomic mass is 10.4. The predicted octanol–water partition coefficient (Wildman–Crippen LogP) is 0.312. The van der Waals surface area contributed by atoms with E-state index in [0.29, 0.717) is 23.8 Å². The monoisotopic (exact) mass is 199 g/mol. The number of nitrogens with zero attached hydrogens (tertiary/aromatic N) is 1. The summed E-state index contributed by atoms with van der Waals surface area (Å²) in [6.07, 6.45) is 2.14. The molecule has 1 aliphatic rings. The third kappa shape index (κ3) is 2.00. The Bertz CT molecular complexity index is 370. The Morgan fingerprint density at radius 2 is 2.31 bits per heavy atom. The molecular formula is C7H9N3O2S. The number of Topliss-reactive ketones (excluding diaryl/α,β-unsaturated/α-hetero) is 1. The zero-order chi connectivity index (χ0) is 9.26. The van der Waals surface area contributed by atoms with E-state index in [1.165, 1.54) is 11.8 Å². The summed E-state index contributed by atoms with van der Waals surface area (Å²) < 4.78 is 0. The number of carbonyl (C=O) groups excluding carboxylic acids is 1. The Morgan fingerprint density at radius 1 is 1.46 bits per heavy atom. The second-order valence-corrected chi connectivity index (χ2v) is 4.29. The molecule has 1 heterocycles. The number of hydrogen-bond donors (Lipinski definition) is 2. The van der Waals surface area contributed by atoms with E-state index >= 15 is 0 Å². The van der Waals surface area contributed by atoms with E-state index in [9.17, 15) is 9.59 Å². The summed E-state index contributed by atoms with van der Waals surface area (Å²) in [5.74, 6) is 0.301. The molecule has 13 heavy (non-hydrogen) atoms. The van der Waals surface area contributed by atoms with Gasteiger partial charge in [-0.2, -0.15) is 0 Å². The summed E-state index contributed by atoms with van der Waals surface area (Å²) in [5.41, 5.74) is -0.299. The van der Waals surface area contributed by atoms with Crippen molar-refractivity contribution < 1.29 is 4.79 Å². The molecule has 0 saturated heterocycles. The maximum absolute atomic E-state index is 10.9. The normalized spacial score (nSPS) is 22.5. The van der Waals surface area contributed by atoms with Gasteiger partial charge in [0.05, 0.1) is 0 Å². The molecule has 0 radical (unpaired) electrons. The van der Waals surface area contributed by atoms with Gasteiger partial charge in [-0.25, -0.2) is 9.89 Å². The summed E-state index contributed by atoms with van der Waals surface area (Å²) in [6, 6.07) is 0. The third-order valence-electron chi connectivity index (χ3n) is 1.96. The number of ketones is 1. The summed E-state index contributed by atoms with van der Waals surface area (Å²) in [5, 5.41) is 6.91. The van der Waals surface area contributed by atoms with Gasteiger partial charge >= 0.3 is 5.69 Å². The van der Waals surface area contributed by atoms with Gasteiger partial charge in [0, 0.05) is 18.1 Å². The molecule has 0 spiro atoms. The van der Waals surface area contributed by atoms with E-state index in [-0.39, 0.29) is 10.9 Å². The minimum absolute atomic E-state index is 0.284. The first-order valence-corrected chi connectivity index (χ1v) is 4.95. The Kier molecular flexibility index (Phi) is 2.22. The lowest BCUT2D eigenvalue weighted by Crippen LogP contribution is -2.01. The minimum Gasteiger partial charge on any atom is -0.300 e. The molecule has 5 nitrogen and oxygen atoms in total. The van der Waals surface area contributed by atoms with Crippen molar-refractivity contribution in [1.82, 2.24) is 15.2 Å². The van der Waals surface area contributed by atoms with Gasteiger partial charge in [-0.05, 0) is 6.42 Å². The van der Waals surface area contributed by atoms with Crippen LogP contribution in [0.25, 0.3) is 0 Å². The summed E-state index contributed by atoms with van der Waals surface area (Å²) in [7, 11) is 0. The zero-order valence-corrected chi connectivity index (χ0v) is 7.69. The van der Waals surface area contributed by atoms with Crippen molar-refractivity contribution in [3.8, 4) is 0 Å². The van der Waals surface area contributed by atoms with Crippen molar-refractivity contribution in [2.45, 2.75) is 29.7 Å². The molecule has 1 saturated carbocycles. The maximum Gasteiger partial charge on any atom is 0.341 e. The zero-order valence-electron chi connectivity index (χ0n) is 6.87. The van der Waals surface area contributed by atoms with Crippen LogP contribution in [0, 0.1) is 0 Å². The fourth-order valence-corrected chi connectivity index (χ4v) is 2.42. The fraction of sp³-hybridized carbons (Fsp3) is 0.571. The quantitative estimate of drug-likeness (QED) is 0.718. The molecule has 0 amide bonds. The largest absolute Gasteiger partial charge is 0.341 e. The Morgan fingerprint density at radius 3 is 2.85 bits per heavy atom.